The zero-order chi connectivity index (χ0) is 14.0. The minimum atomic E-state index is -0.172. The molecule has 0 fully saturated rings. The molecule has 0 radical (unpaired) electrons. The molecule has 2 aromatic heterocycles. The Balaban J connectivity index is 2.48. The number of halogens is 2. The topological polar surface area (TPSA) is 0 Å². The third-order valence-corrected chi connectivity index (χ3v) is 6.02. The van der Waals surface area contributed by atoms with E-state index in [0.717, 1.165) is 20.2 Å². The molecule has 0 unspecified atom stereocenters. The predicted octanol–water partition coefficient (Wildman–Crippen LogP) is 6.16. The molecule has 0 aliphatic heterocycles. The summed E-state index contributed by atoms with van der Waals surface area (Å²) in [6.07, 6.45) is 0. The third-order valence-electron chi connectivity index (χ3n) is 3.69. The van der Waals surface area contributed by atoms with E-state index in [1.807, 2.05) is 24.3 Å². The zero-order valence-electron chi connectivity index (χ0n) is 10.9. The van der Waals surface area contributed by atoms with Gasteiger partial charge < -0.3 is 0 Å². The maximum atomic E-state index is 14.4. The van der Waals surface area contributed by atoms with Gasteiger partial charge in [-0.3, -0.25) is 0 Å². The first-order chi connectivity index (χ1) is 9.59. The first-order valence-corrected chi connectivity index (χ1v) is 7.90. The van der Waals surface area contributed by atoms with E-state index in [-0.39, 0.29) is 11.6 Å². The lowest BCUT2D eigenvalue weighted by Gasteiger charge is -2.03. The van der Waals surface area contributed by atoms with Gasteiger partial charge in [0.2, 0.25) is 0 Å². The Morgan fingerprint density at radius 3 is 1.55 bits per heavy atom. The van der Waals surface area contributed by atoms with E-state index in [0.29, 0.717) is 20.5 Å². The van der Waals surface area contributed by atoms with Crippen LogP contribution in [0.4, 0.5) is 8.78 Å². The Bertz CT molecular complexity index is 911. The van der Waals surface area contributed by atoms with Crippen LogP contribution in [0.25, 0.3) is 30.9 Å². The van der Waals surface area contributed by atoms with Crippen LogP contribution < -0.4 is 0 Å². The molecule has 0 spiro atoms. The SMILES string of the molecule is Cc1sc2c3sc(C)c(F)c3c3ccccc3c2c1F. The van der Waals surface area contributed by atoms with E-state index >= 15 is 0 Å². The molecular formula is C16H10F2S2. The number of benzene rings is 2. The molecule has 4 aromatic rings. The highest BCUT2D eigenvalue weighted by Crippen LogP contribution is 2.45. The van der Waals surface area contributed by atoms with Crippen LogP contribution >= 0.6 is 22.7 Å². The molecule has 0 saturated carbocycles. The summed E-state index contributed by atoms with van der Waals surface area (Å²) in [6.45, 7) is 3.55. The van der Waals surface area contributed by atoms with Crippen molar-refractivity contribution in [3.8, 4) is 0 Å². The summed E-state index contributed by atoms with van der Waals surface area (Å²) in [6, 6.07) is 7.49. The lowest BCUT2D eigenvalue weighted by molar-refractivity contribution is 0.636. The number of aryl methyl sites for hydroxylation is 2. The second-order valence-corrected chi connectivity index (χ2v) is 7.35. The van der Waals surface area contributed by atoms with Gasteiger partial charge in [0.15, 0.2) is 0 Å². The van der Waals surface area contributed by atoms with Crippen LogP contribution in [0.3, 0.4) is 0 Å². The minimum absolute atomic E-state index is 0.172. The van der Waals surface area contributed by atoms with E-state index in [1.54, 1.807) is 13.8 Å². The highest BCUT2D eigenvalue weighted by Gasteiger charge is 2.20. The summed E-state index contributed by atoms with van der Waals surface area (Å²) in [4.78, 5) is 1.31. The van der Waals surface area contributed by atoms with Crippen molar-refractivity contribution in [3.05, 3.63) is 45.7 Å². The molecule has 4 rings (SSSR count). The standard InChI is InChI=1S/C16H10F2S2/c1-7-13(17)11-9-5-3-4-6-10(9)12-14(18)8(2)20-16(12)15(11)19-7/h3-6H,1-2H3. The van der Waals surface area contributed by atoms with Crippen LogP contribution in [0.15, 0.2) is 24.3 Å². The van der Waals surface area contributed by atoms with Crippen molar-refractivity contribution in [3.63, 3.8) is 0 Å². The normalized spacial score (nSPS) is 12.0. The molecule has 0 saturated heterocycles. The first-order valence-electron chi connectivity index (χ1n) is 6.27. The van der Waals surface area contributed by atoms with Gasteiger partial charge in [0.25, 0.3) is 0 Å². The Morgan fingerprint density at radius 2 is 1.15 bits per heavy atom. The molecule has 0 aliphatic carbocycles. The number of thiophene rings is 2. The van der Waals surface area contributed by atoms with Gasteiger partial charge in [0.1, 0.15) is 11.6 Å². The number of rotatable bonds is 0. The Morgan fingerprint density at radius 1 is 0.750 bits per heavy atom. The van der Waals surface area contributed by atoms with Crippen LogP contribution in [-0.2, 0) is 0 Å². The van der Waals surface area contributed by atoms with Crippen LogP contribution in [0.1, 0.15) is 9.75 Å². The molecule has 0 atom stereocenters. The monoisotopic (exact) mass is 304 g/mol. The van der Waals surface area contributed by atoms with Gasteiger partial charge in [-0.05, 0) is 24.6 Å². The minimum Gasteiger partial charge on any atom is -0.205 e. The fourth-order valence-electron chi connectivity index (χ4n) is 2.77. The van der Waals surface area contributed by atoms with Crippen molar-refractivity contribution in [2.75, 3.05) is 0 Å². The summed E-state index contributed by atoms with van der Waals surface area (Å²) in [5, 5.41) is 2.87. The Kier molecular flexibility index (Phi) is 2.44. The van der Waals surface area contributed by atoms with Crippen molar-refractivity contribution in [1.29, 1.82) is 0 Å². The molecule has 2 heterocycles. The molecule has 4 heteroatoms. The summed E-state index contributed by atoms with van der Waals surface area (Å²) in [5.74, 6) is -0.343. The summed E-state index contributed by atoms with van der Waals surface area (Å²) in [5.41, 5.74) is 0. The second-order valence-electron chi connectivity index (χ2n) is 4.90. The van der Waals surface area contributed by atoms with Gasteiger partial charge >= 0.3 is 0 Å². The predicted molar refractivity (Wildman–Crippen MR) is 84.1 cm³/mol. The van der Waals surface area contributed by atoms with Crippen molar-refractivity contribution in [2.24, 2.45) is 0 Å². The molecule has 2 aromatic carbocycles. The van der Waals surface area contributed by atoms with Crippen LogP contribution in [0, 0.1) is 25.5 Å². The highest BCUT2D eigenvalue weighted by molar-refractivity contribution is 7.27. The van der Waals surface area contributed by atoms with E-state index in [9.17, 15) is 8.78 Å². The lowest BCUT2D eigenvalue weighted by atomic mass is 10.0. The maximum absolute atomic E-state index is 14.4. The Hall–Kier alpha value is -1.52. The molecule has 0 aliphatic rings. The van der Waals surface area contributed by atoms with Crippen molar-refractivity contribution in [2.45, 2.75) is 13.8 Å². The average molecular weight is 304 g/mol. The van der Waals surface area contributed by atoms with Gasteiger partial charge in [-0.25, -0.2) is 8.78 Å². The molecule has 100 valence electrons. The van der Waals surface area contributed by atoms with E-state index in [4.69, 9.17) is 0 Å². The molecule has 0 N–H and O–H groups in total. The van der Waals surface area contributed by atoms with Crippen LogP contribution in [0.5, 0.6) is 0 Å². The second kappa shape index (κ2) is 3.99. The smallest absolute Gasteiger partial charge is 0.145 e. The summed E-state index contributed by atoms with van der Waals surface area (Å²) < 4.78 is 30.6. The third kappa shape index (κ3) is 1.38. The molecule has 0 bridgehead atoms. The van der Waals surface area contributed by atoms with Gasteiger partial charge in [-0.2, -0.15) is 0 Å². The largest absolute Gasteiger partial charge is 0.205 e. The van der Waals surface area contributed by atoms with Gasteiger partial charge in [-0.1, -0.05) is 24.3 Å². The molecular weight excluding hydrogens is 294 g/mol. The highest BCUT2D eigenvalue weighted by atomic mass is 32.1. The number of fused-ring (bicyclic) bond motifs is 6. The van der Waals surface area contributed by atoms with Crippen molar-refractivity contribution in [1.82, 2.24) is 0 Å². The van der Waals surface area contributed by atoms with Gasteiger partial charge in [0.05, 0.1) is 9.40 Å². The number of hydrogen-bond donors (Lipinski definition) is 0. The Labute approximate surface area is 122 Å². The van der Waals surface area contributed by atoms with E-state index in [1.165, 1.54) is 22.7 Å². The van der Waals surface area contributed by atoms with E-state index in [2.05, 4.69) is 0 Å². The van der Waals surface area contributed by atoms with E-state index < -0.39 is 0 Å². The number of hydrogen-bond acceptors (Lipinski definition) is 2. The zero-order valence-corrected chi connectivity index (χ0v) is 12.5. The quantitative estimate of drug-likeness (QED) is 0.365. The molecule has 20 heavy (non-hydrogen) atoms. The average Bonchev–Trinajstić information content (AvgIpc) is 2.90. The summed E-state index contributed by atoms with van der Waals surface area (Å²) in [7, 11) is 0. The maximum Gasteiger partial charge on any atom is 0.145 e. The molecule has 0 amide bonds. The van der Waals surface area contributed by atoms with Crippen LogP contribution in [0.2, 0.25) is 0 Å². The van der Waals surface area contributed by atoms with Crippen molar-refractivity contribution < 1.29 is 8.78 Å². The van der Waals surface area contributed by atoms with Gasteiger partial charge in [0, 0.05) is 20.5 Å². The first kappa shape index (κ1) is 12.2. The summed E-state index contributed by atoms with van der Waals surface area (Å²) >= 11 is 2.83. The van der Waals surface area contributed by atoms with Crippen LogP contribution in [-0.4, -0.2) is 0 Å². The molecule has 0 nitrogen and oxygen atoms in total. The lowest BCUT2D eigenvalue weighted by Crippen LogP contribution is -1.81. The van der Waals surface area contributed by atoms with Gasteiger partial charge in [-0.15, -0.1) is 22.7 Å². The van der Waals surface area contributed by atoms with Crippen molar-refractivity contribution >= 4 is 53.6 Å². The fraction of sp³-hybridized carbons (Fsp3) is 0.125. The fourth-order valence-corrected chi connectivity index (χ4v) is 5.01.